The van der Waals surface area contributed by atoms with Gasteiger partial charge in [0.15, 0.2) is 5.72 Å². The maximum absolute atomic E-state index is 12.0. The van der Waals surface area contributed by atoms with Crippen LogP contribution >= 0.6 is 0 Å². The van der Waals surface area contributed by atoms with Gasteiger partial charge in [-0.25, -0.2) is 0 Å². The molecule has 1 unspecified atom stereocenters. The molecule has 1 heterocycles. The summed E-state index contributed by atoms with van der Waals surface area (Å²) in [5, 5.41) is 32.1. The monoisotopic (exact) mass is 501 g/mol. The molecule has 3 aromatic carbocycles. The third-order valence-corrected chi connectivity index (χ3v) is 8.07. The fourth-order valence-corrected chi connectivity index (χ4v) is 5.43. The molecule has 1 aliphatic rings. The number of benzene rings is 3. The first-order chi connectivity index (χ1) is 17.7. The second kappa shape index (κ2) is 11.6. The molecule has 0 bridgehead atoms. The molecule has 196 valence electrons. The molecule has 1 fully saturated rings. The summed E-state index contributed by atoms with van der Waals surface area (Å²) in [5.74, 6) is -0.296. The number of aliphatic carboxylic acids is 1. The number of carboxylic acids is 1. The summed E-state index contributed by atoms with van der Waals surface area (Å²) in [6.45, 7) is 5.00. The van der Waals surface area contributed by atoms with E-state index in [0.29, 0.717) is 12.3 Å². The minimum absolute atomic E-state index is 0.552. The number of aliphatic hydroxyl groups is 2. The Kier molecular flexibility index (Phi) is 8.48. The van der Waals surface area contributed by atoms with Gasteiger partial charge in [-0.1, -0.05) is 97.8 Å². The molecule has 1 atom stereocenters. The minimum Gasteiger partial charge on any atom is -0.481 e. The number of aliphatic hydroxyl groups excluding tert-OH is 1. The van der Waals surface area contributed by atoms with Gasteiger partial charge in [-0.05, 0) is 50.2 Å². The zero-order chi connectivity index (χ0) is 26.5. The molecule has 5 nitrogen and oxygen atoms in total. The van der Waals surface area contributed by atoms with Crippen LogP contribution in [0.15, 0.2) is 84.9 Å². The Morgan fingerprint density at radius 2 is 1.38 bits per heavy atom. The molecule has 0 saturated carbocycles. The van der Waals surface area contributed by atoms with Gasteiger partial charge >= 0.3 is 5.97 Å². The molecule has 0 amide bonds. The third-order valence-electron chi connectivity index (χ3n) is 8.07. The number of hydrogen-bond acceptors (Lipinski definition) is 4. The second-order valence-electron chi connectivity index (χ2n) is 10.8. The Balaban J connectivity index is 1.31. The van der Waals surface area contributed by atoms with Crippen molar-refractivity contribution in [2.45, 2.75) is 63.2 Å². The summed E-state index contributed by atoms with van der Waals surface area (Å²) < 4.78 is 0. The molecule has 5 heteroatoms. The van der Waals surface area contributed by atoms with Crippen LogP contribution in [0, 0.1) is 5.92 Å². The number of rotatable bonds is 10. The zero-order valence-electron chi connectivity index (χ0n) is 21.9. The lowest BCUT2D eigenvalue weighted by Crippen LogP contribution is -2.50. The van der Waals surface area contributed by atoms with E-state index in [2.05, 4.69) is 4.90 Å². The number of hydrogen-bond donors (Lipinski definition) is 3. The van der Waals surface area contributed by atoms with Crippen molar-refractivity contribution in [2.75, 3.05) is 13.1 Å². The van der Waals surface area contributed by atoms with Crippen LogP contribution in [-0.4, -0.2) is 39.3 Å². The van der Waals surface area contributed by atoms with Crippen LogP contribution in [0.4, 0.5) is 0 Å². The first kappa shape index (κ1) is 27.1. The zero-order valence-corrected chi connectivity index (χ0v) is 21.9. The highest BCUT2D eigenvalue weighted by Crippen LogP contribution is 2.37. The lowest BCUT2D eigenvalue weighted by atomic mass is 9.84. The minimum atomic E-state index is -1.15. The normalized spacial score (nSPS) is 16.4. The van der Waals surface area contributed by atoms with Crippen molar-refractivity contribution in [3.63, 3.8) is 0 Å². The van der Waals surface area contributed by atoms with Crippen LogP contribution in [0.25, 0.3) is 0 Å². The van der Waals surface area contributed by atoms with Crippen molar-refractivity contribution in [1.29, 1.82) is 0 Å². The summed E-state index contributed by atoms with van der Waals surface area (Å²) in [6, 6.07) is 27.1. The summed E-state index contributed by atoms with van der Waals surface area (Å²) >= 11 is 0. The van der Waals surface area contributed by atoms with E-state index in [0.717, 1.165) is 61.0 Å². The van der Waals surface area contributed by atoms with E-state index < -0.39 is 23.2 Å². The summed E-state index contributed by atoms with van der Waals surface area (Å²) in [7, 11) is 0. The van der Waals surface area contributed by atoms with Crippen LogP contribution in [0.5, 0.6) is 0 Å². The number of nitrogens with zero attached hydrogens (tertiary/aromatic N) is 1. The van der Waals surface area contributed by atoms with E-state index in [1.807, 2.05) is 84.9 Å². The van der Waals surface area contributed by atoms with E-state index in [4.69, 9.17) is 0 Å². The Bertz CT molecular complexity index is 1100. The van der Waals surface area contributed by atoms with Crippen LogP contribution in [-0.2, 0) is 15.9 Å². The van der Waals surface area contributed by atoms with Gasteiger partial charge in [0.2, 0.25) is 0 Å². The van der Waals surface area contributed by atoms with E-state index >= 15 is 0 Å². The molecule has 3 aromatic rings. The van der Waals surface area contributed by atoms with E-state index in [-0.39, 0.29) is 0 Å². The van der Waals surface area contributed by atoms with Crippen LogP contribution in [0.1, 0.15) is 74.3 Å². The van der Waals surface area contributed by atoms with Gasteiger partial charge in [0.1, 0.15) is 0 Å². The summed E-state index contributed by atoms with van der Waals surface area (Å²) in [6.07, 6.45) is 4.12. The number of piperidine rings is 1. The van der Waals surface area contributed by atoms with Gasteiger partial charge in [0, 0.05) is 24.2 Å². The first-order valence-electron chi connectivity index (χ1n) is 13.3. The molecule has 4 rings (SSSR count). The van der Waals surface area contributed by atoms with Gasteiger partial charge in [0.05, 0.1) is 11.5 Å². The molecule has 1 saturated heterocycles. The highest BCUT2D eigenvalue weighted by Gasteiger charge is 2.39. The summed E-state index contributed by atoms with van der Waals surface area (Å²) in [4.78, 5) is 13.7. The number of likely N-dealkylation sites (tertiary alicyclic amines) is 1. The highest BCUT2D eigenvalue weighted by atomic mass is 16.4. The second-order valence-corrected chi connectivity index (χ2v) is 10.8. The molecule has 37 heavy (non-hydrogen) atoms. The van der Waals surface area contributed by atoms with Crippen molar-refractivity contribution >= 4 is 5.97 Å². The molecular formula is C32H39NO4. The van der Waals surface area contributed by atoms with Gasteiger partial charge < -0.3 is 15.3 Å². The van der Waals surface area contributed by atoms with Crippen molar-refractivity contribution in [3.05, 3.63) is 107 Å². The Morgan fingerprint density at radius 3 is 1.86 bits per heavy atom. The fourth-order valence-electron chi connectivity index (χ4n) is 5.43. The Labute approximate surface area is 220 Å². The standard InChI is InChI=1S/C32H39NO4/c1-31(2,30(35)36)26-18-16-25(17-19-26)29(34)15-9-10-24-20-22-33(23-21-24)32(37,27-11-5-3-6-12-27)28-13-7-4-8-14-28/h3-8,11-14,16-19,24,29,34,37H,9-10,15,20-23H2,1-2H3,(H,35,36). The average molecular weight is 502 g/mol. The van der Waals surface area contributed by atoms with Gasteiger partial charge in [0.25, 0.3) is 0 Å². The van der Waals surface area contributed by atoms with Crippen LogP contribution in [0.3, 0.4) is 0 Å². The predicted octanol–water partition coefficient (Wildman–Crippen LogP) is 5.86. The highest BCUT2D eigenvalue weighted by molar-refractivity contribution is 5.80. The Morgan fingerprint density at radius 1 is 0.865 bits per heavy atom. The van der Waals surface area contributed by atoms with Crippen LogP contribution in [0.2, 0.25) is 0 Å². The number of carbonyl (C=O) groups is 1. The maximum Gasteiger partial charge on any atom is 0.313 e. The van der Waals surface area contributed by atoms with Crippen molar-refractivity contribution < 1.29 is 20.1 Å². The van der Waals surface area contributed by atoms with Crippen molar-refractivity contribution in [1.82, 2.24) is 4.90 Å². The molecule has 0 radical (unpaired) electrons. The van der Waals surface area contributed by atoms with Crippen molar-refractivity contribution in [3.8, 4) is 0 Å². The molecule has 1 aliphatic heterocycles. The summed E-state index contributed by atoms with van der Waals surface area (Å²) in [5.41, 5.74) is 1.24. The third kappa shape index (κ3) is 5.96. The lowest BCUT2D eigenvalue weighted by Gasteiger charge is -2.44. The van der Waals surface area contributed by atoms with Gasteiger partial charge in [-0.2, -0.15) is 0 Å². The molecule has 0 spiro atoms. The van der Waals surface area contributed by atoms with Gasteiger partial charge in [-0.15, -0.1) is 0 Å². The predicted molar refractivity (Wildman–Crippen MR) is 146 cm³/mol. The average Bonchev–Trinajstić information content (AvgIpc) is 2.94. The van der Waals surface area contributed by atoms with Crippen LogP contribution < -0.4 is 0 Å². The topological polar surface area (TPSA) is 81.0 Å². The number of carboxylic acid groups (broad SMARTS) is 1. The lowest BCUT2D eigenvalue weighted by molar-refractivity contribution is -0.142. The van der Waals surface area contributed by atoms with E-state index in [1.54, 1.807) is 13.8 Å². The molecule has 0 aliphatic carbocycles. The molecule has 3 N–H and O–H groups in total. The maximum atomic E-state index is 12.0. The van der Waals surface area contributed by atoms with Gasteiger partial charge in [-0.3, -0.25) is 9.69 Å². The largest absolute Gasteiger partial charge is 0.481 e. The van der Waals surface area contributed by atoms with E-state index in [1.165, 1.54) is 0 Å². The first-order valence-corrected chi connectivity index (χ1v) is 13.3. The molecule has 0 aromatic heterocycles. The van der Waals surface area contributed by atoms with E-state index in [9.17, 15) is 20.1 Å². The Hall–Kier alpha value is -2.99. The van der Waals surface area contributed by atoms with Crippen molar-refractivity contribution in [2.24, 2.45) is 5.92 Å². The fraction of sp³-hybridized carbons (Fsp3) is 0.406. The SMILES string of the molecule is CC(C)(C(=O)O)c1ccc(C(O)CCCC2CCN(C(O)(c3ccccc3)c3ccccc3)CC2)cc1. The molecular weight excluding hydrogens is 462 g/mol. The smallest absolute Gasteiger partial charge is 0.313 e. The quantitative estimate of drug-likeness (QED) is 0.324.